The van der Waals surface area contributed by atoms with Crippen LogP contribution in [0.15, 0.2) is 54.7 Å². The molecule has 2 aromatic carbocycles. The van der Waals surface area contributed by atoms with Crippen LogP contribution in [0, 0.1) is 0 Å². The zero-order valence-corrected chi connectivity index (χ0v) is 11.3. The summed E-state index contributed by atoms with van der Waals surface area (Å²) in [4.78, 5) is 10.7. The van der Waals surface area contributed by atoms with E-state index in [2.05, 4.69) is 45.2 Å². The summed E-state index contributed by atoms with van der Waals surface area (Å²) in [5.74, 6) is 1.49. The molecule has 3 rings (SSSR count). The molecule has 0 spiro atoms. The van der Waals surface area contributed by atoms with Crippen LogP contribution in [0.3, 0.4) is 0 Å². The average molecular weight is 264 g/mol. The van der Waals surface area contributed by atoms with E-state index in [1.54, 1.807) is 6.20 Å². The van der Waals surface area contributed by atoms with Crippen molar-refractivity contribution in [3.8, 4) is 0 Å². The van der Waals surface area contributed by atoms with E-state index in [0.29, 0.717) is 12.4 Å². The monoisotopic (exact) mass is 264 g/mol. The van der Waals surface area contributed by atoms with Crippen molar-refractivity contribution >= 4 is 22.3 Å². The van der Waals surface area contributed by atoms with Crippen molar-refractivity contribution < 1.29 is 0 Å². The molecular formula is C16H16N4. The lowest BCUT2D eigenvalue weighted by atomic mass is 10.1. The van der Waals surface area contributed by atoms with E-state index >= 15 is 0 Å². The molecule has 0 radical (unpaired) electrons. The molecule has 0 amide bonds. The van der Waals surface area contributed by atoms with Crippen LogP contribution in [0.25, 0.3) is 10.8 Å². The largest absolute Gasteiger partial charge is 0.329 e. The standard InChI is InChI=1S/C16H16N4/c1-20(16-9-10-18-15(11-17)19-16)14-8-4-6-12-5-2-3-7-13(12)14/h2-10H,11,17H2,1H3. The van der Waals surface area contributed by atoms with Gasteiger partial charge in [0.25, 0.3) is 0 Å². The van der Waals surface area contributed by atoms with Crippen LogP contribution >= 0.6 is 0 Å². The van der Waals surface area contributed by atoms with E-state index < -0.39 is 0 Å². The third kappa shape index (κ3) is 2.21. The van der Waals surface area contributed by atoms with Crippen LogP contribution in [0.4, 0.5) is 11.5 Å². The normalized spacial score (nSPS) is 10.7. The molecule has 4 nitrogen and oxygen atoms in total. The van der Waals surface area contributed by atoms with Gasteiger partial charge in [-0.25, -0.2) is 9.97 Å². The molecule has 0 saturated carbocycles. The molecule has 0 aliphatic rings. The van der Waals surface area contributed by atoms with Gasteiger partial charge in [-0.15, -0.1) is 0 Å². The summed E-state index contributed by atoms with van der Waals surface area (Å²) in [7, 11) is 2.00. The topological polar surface area (TPSA) is 55.0 Å². The molecule has 100 valence electrons. The van der Waals surface area contributed by atoms with Crippen molar-refractivity contribution in [2.45, 2.75) is 6.54 Å². The van der Waals surface area contributed by atoms with Gasteiger partial charge in [0.05, 0.1) is 6.54 Å². The maximum atomic E-state index is 5.60. The average Bonchev–Trinajstić information content (AvgIpc) is 2.53. The van der Waals surface area contributed by atoms with Crippen molar-refractivity contribution in [2.75, 3.05) is 11.9 Å². The second-order valence-corrected chi connectivity index (χ2v) is 4.59. The SMILES string of the molecule is CN(c1ccnc(CN)n1)c1cccc2ccccc12. The van der Waals surface area contributed by atoms with Crippen LogP contribution in [0.1, 0.15) is 5.82 Å². The molecule has 0 saturated heterocycles. The van der Waals surface area contributed by atoms with Gasteiger partial charge < -0.3 is 10.6 Å². The van der Waals surface area contributed by atoms with Gasteiger partial charge in [0.15, 0.2) is 0 Å². The Morgan fingerprint density at radius 1 is 1.05 bits per heavy atom. The summed E-state index contributed by atoms with van der Waals surface area (Å²) in [6.45, 7) is 0.344. The smallest absolute Gasteiger partial charge is 0.144 e. The van der Waals surface area contributed by atoms with Crippen LogP contribution in [-0.2, 0) is 6.54 Å². The number of benzene rings is 2. The predicted molar refractivity (Wildman–Crippen MR) is 81.9 cm³/mol. The maximum absolute atomic E-state index is 5.60. The zero-order valence-electron chi connectivity index (χ0n) is 11.3. The Hall–Kier alpha value is -2.46. The van der Waals surface area contributed by atoms with E-state index in [9.17, 15) is 0 Å². The highest BCUT2D eigenvalue weighted by Gasteiger charge is 2.09. The molecule has 0 atom stereocenters. The van der Waals surface area contributed by atoms with Crippen molar-refractivity contribution in [2.24, 2.45) is 5.73 Å². The summed E-state index contributed by atoms with van der Waals surface area (Å²) in [6, 6.07) is 16.5. The summed E-state index contributed by atoms with van der Waals surface area (Å²) in [5, 5.41) is 2.41. The highest BCUT2D eigenvalue weighted by Crippen LogP contribution is 2.29. The predicted octanol–water partition coefficient (Wildman–Crippen LogP) is 2.86. The fourth-order valence-corrected chi connectivity index (χ4v) is 2.30. The molecule has 0 aliphatic carbocycles. The third-order valence-corrected chi connectivity index (χ3v) is 3.34. The highest BCUT2D eigenvalue weighted by atomic mass is 15.2. The number of hydrogen-bond donors (Lipinski definition) is 1. The lowest BCUT2D eigenvalue weighted by Gasteiger charge is -2.20. The quantitative estimate of drug-likeness (QED) is 0.790. The van der Waals surface area contributed by atoms with E-state index in [1.807, 2.05) is 25.2 Å². The van der Waals surface area contributed by atoms with Crippen LogP contribution in [0.2, 0.25) is 0 Å². The number of rotatable bonds is 3. The molecule has 2 N–H and O–H groups in total. The van der Waals surface area contributed by atoms with Crippen LogP contribution < -0.4 is 10.6 Å². The Balaban J connectivity index is 2.10. The maximum Gasteiger partial charge on any atom is 0.144 e. The first-order chi connectivity index (χ1) is 9.79. The first-order valence-electron chi connectivity index (χ1n) is 6.53. The van der Waals surface area contributed by atoms with Gasteiger partial charge >= 0.3 is 0 Å². The second kappa shape index (κ2) is 5.27. The van der Waals surface area contributed by atoms with Gasteiger partial charge in [0.1, 0.15) is 11.6 Å². The summed E-state index contributed by atoms with van der Waals surface area (Å²) < 4.78 is 0. The lowest BCUT2D eigenvalue weighted by molar-refractivity contribution is 0.899. The first kappa shape index (κ1) is 12.6. The van der Waals surface area contributed by atoms with Gasteiger partial charge in [-0.2, -0.15) is 0 Å². The Morgan fingerprint density at radius 3 is 2.70 bits per heavy atom. The minimum atomic E-state index is 0.344. The van der Waals surface area contributed by atoms with E-state index in [-0.39, 0.29) is 0 Å². The number of hydrogen-bond acceptors (Lipinski definition) is 4. The number of anilines is 2. The first-order valence-corrected chi connectivity index (χ1v) is 6.53. The molecule has 0 bridgehead atoms. The highest BCUT2D eigenvalue weighted by molar-refractivity contribution is 5.95. The number of aromatic nitrogens is 2. The van der Waals surface area contributed by atoms with Crippen molar-refractivity contribution in [1.29, 1.82) is 0 Å². The molecule has 0 fully saturated rings. The number of fused-ring (bicyclic) bond motifs is 1. The number of nitrogens with zero attached hydrogens (tertiary/aromatic N) is 3. The second-order valence-electron chi connectivity index (χ2n) is 4.59. The molecule has 1 aromatic heterocycles. The minimum absolute atomic E-state index is 0.344. The van der Waals surface area contributed by atoms with Crippen LogP contribution in [-0.4, -0.2) is 17.0 Å². The number of nitrogens with two attached hydrogens (primary N) is 1. The van der Waals surface area contributed by atoms with Crippen molar-refractivity contribution in [3.05, 3.63) is 60.6 Å². The molecule has 1 heterocycles. The molecule has 3 aromatic rings. The minimum Gasteiger partial charge on any atom is -0.329 e. The van der Waals surface area contributed by atoms with Gasteiger partial charge in [-0.05, 0) is 17.5 Å². The van der Waals surface area contributed by atoms with E-state index in [0.717, 1.165) is 11.5 Å². The molecule has 0 aliphatic heterocycles. The van der Waals surface area contributed by atoms with Gasteiger partial charge in [0.2, 0.25) is 0 Å². The van der Waals surface area contributed by atoms with Crippen LogP contribution in [0.5, 0.6) is 0 Å². The lowest BCUT2D eigenvalue weighted by Crippen LogP contribution is -2.14. The Morgan fingerprint density at radius 2 is 1.85 bits per heavy atom. The Labute approximate surface area is 117 Å². The Bertz CT molecular complexity index is 734. The van der Waals surface area contributed by atoms with Gasteiger partial charge in [-0.3, -0.25) is 0 Å². The fraction of sp³-hybridized carbons (Fsp3) is 0.125. The zero-order chi connectivity index (χ0) is 13.9. The van der Waals surface area contributed by atoms with Crippen molar-refractivity contribution in [1.82, 2.24) is 9.97 Å². The van der Waals surface area contributed by atoms with Crippen molar-refractivity contribution in [3.63, 3.8) is 0 Å². The van der Waals surface area contributed by atoms with E-state index in [4.69, 9.17) is 5.73 Å². The third-order valence-electron chi connectivity index (χ3n) is 3.34. The van der Waals surface area contributed by atoms with Gasteiger partial charge in [-0.1, -0.05) is 36.4 Å². The fourth-order valence-electron chi connectivity index (χ4n) is 2.30. The van der Waals surface area contributed by atoms with E-state index in [1.165, 1.54) is 10.8 Å². The summed E-state index contributed by atoms with van der Waals surface area (Å²) >= 11 is 0. The molecule has 20 heavy (non-hydrogen) atoms. The molecule has 4 heteroatoms. The molecular weight excluding hydrogens is 248 g/mol. The van der Waals surface area contributed by atoms with Gasteiger partial charge in [0, 0.05) is 24.3 Å². The Kier molecular flexibility index (Phi) is 3.31. The summed E-state index contributed by atoms with van der Waals surface area (Å²) in [6.07, 6.45) is 1.74. The summed E-state index contributed by atoms with van der Waals surface area (Å²) in [5.41, 5.74) is 6.72. The molecule has 0 unspecified atom stereocenters.